The van der Waals surface area contributed by atoms with Crippen molar-refractivity contribution in [3.05, 3.63) is 11.8 Å². The molecule has 4 rings (SSSR count). The summed E-state index contributed by atoms with van der Waals surface area (Å²) in [6, 6.07) is 2.08. The molecule has 3 heterocycles. The van der Waals surface area contributed by atoms with Crippen molar-refractivity contribution in [1.82, 2.24) is 14.9 Å². The lowest BCUT2D eigenvalue weighted by atomic mass is 10.0. The van der Waals surface area contributed by atoms with Gasteiger partial charge in [-0.1, -0.05) is 12.8 Å². The standard InChI is InChI=1S/C20H31N5O/c1-16-14-18(22-20(21-16)25-8-4-5-9-25)23-10-12-24(13-11-23)19(26)15-17-6-2-3-7-17/h14,17H,2-13,15H2,1H3. The quantitative estimate of drug-likeness (QED) is 0.829. The van der Waals surface area contributed by atoms with Crippen LogP contribution in [0, 0.1) is 12.8 Å². The summed E-state index contributed by atoms with van der Waals surface area (Å²) in [4.78, 5) is 28.7. The van der Waals surface area contributed by atoms with Crippen molar-refractivity contribution >= 4 is 17.7 Å². The van der Waals surface area contributed by atoms with E-state index in [1.807, 2.05) is 6.92 Å². The molecule has 6 heteroatoms. The van der Waals surface area contributed by atoms with Gasteiger partial charge in [-0.15, -0.1) is 0 Å². The van der Waals surface area contributed by atoms with Crippen molar-refractivity contribution in [2.24, 2.45) is 5.92 Å². The average molecular weight is 358 g/mol. The lowest BCUT2D eigenvalue weighted by Crippen LogP contribution is -2.49. The molecule has 1 aromatic heterocycles. The third kappa shape index (κ3) is 3.94. The summed E-state index contributed by atoms with van der Waals surface area (Å²) in [6.45, 7) is 7.53. The van der Waals surface area contributed by atoms with Crippen molar-refractivity contribution in [3.8, 4) is 0 Å². The minimum absolute atomic E-state index is 0.355. The molecule has 0 aromatic carbocycles. The molecule has 0 N–H and O–H groups in total. The second kappa shape index (κ2) is 7.80. The zero-order chi connectivity index (χ0) is 17.9. The van der Waals surface area contributed by atoms with E-state index in [1.54, 1.807) is 0 Å². The third-order valence-corrected chi connectivity index (χ3v) is 6.11. The number of amides is 1. The Balaban J connectivity index is 1.36. The van der Waals surface area contributed by atoms with Gasteiger partial charge >= 0.3 is 0 Å². The number of carbonyl (C=O) groups excluding carboxylic acids is 1. The Kier molecular flexibility index (Phi) is 5.27. The molecule has 0 atom stereocenters. The fourth-order valence-electron chi connectivity index (χ4n) is 4.53. The highest BCUT2D eigenvalue weighted by Crippen LogP contribution is 2.28. The number of anilines is 2. The zero-order valence-electron chi connectivity index (χ0n) is 16.0. The van der Waals surface area contributed by atoms with Crippen LogP contribution in [0.15, 0.2) is 6.07 Å². The first-order valence-corrected chi connectivity index (χ1v) is 10.3. The number of carbonyl (C=O) groups is 1. The first-order chi connectivity index (χ1) is 12.7. The number of aromatic nitrogens is 2. The summed E-state index contributed by atoms with van der Waals surface area (Å²) in [5, 5.41) is 0. The molecule has 26 heavy (non-hydrogen) atoms. The highest BCUT2D eigenvalue weighted by molar-refractivity contribution is 5.76. The number of piperazine rings is 1. The summed E-state index contributed by atoms with van der Waals surface area (Å²) < 4.78 is 0. The zero-order valence-corrected chi connectivity index (χ0v) is 16.0. The highest BCUT2D eigenvalue weighted by atomic mass is 16.2. The minimum Gasteiger partial charge on any atom is -0.353 e. The van der Waals surface area contributed by atoms with E-state index in [4.69, 9.17) is 4.98 Å². The molecule has 1 amide bonds. The predicted octanol–water partition coefficient (Wildman–Crippen LogP) is 2.61. The molecule has 1 aromatic rings. The van der Waals surface area contributed by atoms with Crippen LogP contribution in [0.5, 0.6) is 0 Å². The maximum absolute atomic E-state index is 12.6. The number of aryl methyl sites for hydroxylation is 1. The van der Waals surface area contributed by atoms with E-state index >= 15 is 0 Å². The minimum atomic E-state index is 0.355. The van der Waals surface area contributed by atoms with Crippen LogP contribution in [0.4, 0.5) is 11.8 Å². The Morgan fingerprint density at radius 1 is 0.962 bits per heavy atom. The van der Waals surface area contributed by atoms with Gasteiger partial charge in [0.05, 0.1) is 0 Å². The maximum atomic E-state index is 12.6. The Morgan fingerprint density at radius 3 is 2.35 bits per heavy atom. The number of rotatable bonds is 4. The molecule has 0 bridgehead atoms. The van der Waals surface area contributed by atoms with Gasteiger partial charge in [0.15, 0.2) is 0 Å². The number of nitrogens with zero attached hydrogens (tertiary/aromatic N) is 5. The Bertz CT molecular complexity index is 629. The SMILES string of the molecule is Cc1cc(N2CCN(C(=O)CC3CCCC3)CC2)nc(N2CCCC2)n1. The van der Waals surface area contributed by atoms with Gasteiger partial charge in [0.2, 0.25) is 11.9 Å². The molecule has 3 aliphatic rings. The summed E-state index contributed by atoms with van der Waals surface area (Å²) in [6.07, 6.45) is 8.31. The number of hydrogen-bond donors (Lipinski definition) is 0. The second-order valence-corrected chi connectivity index (χ2v) is 8.08. The average Bonchev–Trinajstić information content (AvgIpc) is 3.35. The van der Waals surface area contributed by atoms with Gasteiger partial charge in [-0.05, 0) is 38.5 Å². The fraction of sp³-hybridized carbons (Fsp3) is 0.750. The van der Waals surface area contributed by atoms with Gasteiger partial charge in [0, 0.05) is 57.4 Å². The van der Waals surface area contributed by atoms with Crippen LogP contribution in [0.2, 0.25) is 0 Å². The van der Waals surface area contributed by atoms with E-state index < -0.39 is 0 Å². The van der Waals surface area contributed by atoms with Crippen LogP contribution in [0.3, 0.4) is 0 Å². The summed E-state index contributed by atoms with van der Waals surface area (Å²) in [7, 11) is 0. The van der Waals surface area contributed by atoms with Crippen molar-refractivity contribution in [2.45, 2.75) is 51.9 Å². The van der Waals surface area contributed by atoms with Crippen molar-refractivity contribution in [1.29, 1.82) is 0 Å². The molecule has 0 unspecified atom stereocenters. The van der Waals surface area contributed by atoms with E-state index in [2.05, 4.69) is 25.8 Å². The molecular weight excluding hydrogens is 326 g/mol. The van der Waals surface area contributed by atoms with E-state index in [9.17, 15) is 4.79 Å². The lowest BCUT2D eigenvalue weighted by molar-refractivity contribution is -0.132. The molecule has 0 spiro atoms. The molecular formula is C20H31N5O. The van der Waals surface area contributed by atoms with Gasteiger partial charge in [-0.2, -0.15) is 4.98 Å². The lowest BCUT2D eigenvalue weighted by Gasteiger charge is -2.36. The molecule has 3 fully saturated rings. The fourth-order valence-corrected chi connectivity index (χ4v) is 4.53. The van der Waals surface area contributed by atoms with Crippen LogP contribution in [-0.4, -0.2) is 60.0 Å². The van der Waals surface area contributed by atoms with Gasteiger partial charge in [-0.3, -0.25) is 4.79 Å². The molecule has 2 saturated heterocycles. The summed E-state index contributed by atoms with van der Waals surface area (Å²) in [5.74, 6) is 2.88. The van der Waals surface area contributed by atoms with Crippen molar-refractivity contribution in [3.63, 3.8) is 0 Å². The van der Waals surface area contributed by atoms with Crippen LogP contribution >= 0.6 is 0 Å². The molecule has 2 aliphatic heterocycles. The van der Waals surface area contributed by atoms with Gasteiger partial charge in [0.1, 0.15) is 5.82 Å². The van der Waals surface area contributed by atoms with Gasteiger partial charge in [0.25, 0.3) is 0 Å². The Labute approximate surface area is 156 Å². The Hall–Kier alpha value is -1.85. The molecule has 1 aliphatic carbocycles. The maximum Gasteiger partial charge on any atom is 0.227 e. The van der Waals surface area contributed by atoms with Crippen molar-refractivity contribution < 1.29 is 4.79 Å². The predicted molar refractivity (Wildman–Crippen MR) is 104 cm³/mol. The van der Waals surface area contributed by atoms with Gasteiger partial charge < -0.3 is 14.7 Å². The van der Waals surface area contributed by atoms with Crippen LogP contribution in [0.1, 0.15) is 50.6 Å². The Morgan fingerprint density at radius 2 is 1.65 bits per heavy atom. The molecule has 0 radical (unpaired) electrons. The first kappa shape index (κ1) is 17.6. The topological polar surface area (TPSA) is 52.6 Å². The summed E-state index contributed by atoms with van der Waals surface area (Å²) >= 11 is 0. The monoisotopic (exact) mass is 357 g/mol. The highest BCUT2D eigenvalue weighted by Gasteiger charge is 2.26. The largest absolute Gasteiger partial charge is 0.353 e. The van der Waals surface area contributed by atoms with Gasteiger partial charge in [-0.25, -0.2) is 4.98 Å². The molecule has 1 saturated carbocycles. The van der Waals surface area contributed by atoms with E-state index in [1.165, 1.54) is 38.5 Å². The second-order valence-electron chi connectivity index (χ2n) is 8.08. The van der Waals surface area contributed by atoms with E-state index in [0.29, 0.717) is 11.8 Å². The van der Waals surface area contributed by atoms with E-state index in [-0.39, 0.29) is 0 Å². The van der Waals surface area contributed by atoms with Crippen LogP contribution in [-0.2, 0) is 4.79 Å². The van der Waals surface area contributed by atoms with E-state index in [0.717, 1.165) is 63.1 Å². The normalized spacial score (nSPS) is 21.7. The smallest absolute Gasteiger partial charge is 0.227 e. The third-order valence-electron chi connectivity index (χ3n) is 6.11. The van der Waals surface area contributed by atoms with Crippen LogP contribution in [0.25, 0.3) is 0 Å². The summed E-state index contributed by atoms with van der Waals surface area (Å²) in [5.41, 5.74) is 1.02. The first-order valence-electron chi connectivity index (χ1n) is 10.3. The molecule has 6 nitrogen and oxygen atoms in total. The van der Waals surface area contributed by atoms with Crippen molar-refractivity contribution in [2.75, 3.05) is 49.1 Å². The molecule has 142 valence electrons. The number of hydrogen-bond acceptors (Lipinski definition) is 5. The van der Waals surface area contributed by atoms with Crippen LogP contribution < -0.4 is 9.80 Å².